The normalized spacial score (nSPS) is 19.2. The quantitative estimate of drug-likeness (QED) is 0.312. The van der Waals surface area contributed by atoms with Crippen LogP contribution in [0.3, 0.4) is 0 Å². The van der Waals surface area contributed by atoms with Crippen molar-refractivity contribution in [2.24, 2.45) is 4.99 Å². The van der Waals surface area contributed by atoms with E-state index >= 15 is 0 Å². The molecule has 0 heterocycles. The minimum Gasteiger partial charge on any atom is -0.383 e. The summed E-state index contributed by atoms with van der Waals surface area (Å²) in [6.07, 6.45) is 5.01. The number of hydrogen-bond donors (Lipinski definition) is 2. The minimum absolute atomic E-state index is 0. The van der Waals surface area contributed by atoms with E-state index in [4.69, 9.17) is 9.73 Å². The smallest absolute Gasteiger partial charge is 0.191 e. The molecule has 4 nitrogen and oxygen atoms in total. The molecule has 2 fully saturated rings. The van der Waals surface area contributed by atoms with E-state index in [1.807, 2.05) is 0 Å². The molecule has 2 N–H and O–H groups in total. The Balaban J connectivity index is 0.00000176. The summed E-state index contributed by atoms with van der Waals surface area (Å²) in [7, 11) is 1.72. The van der Waals surface area contributed by atoms with Crippen molar-refractivity contribution < 1.29 is 4.74 Å². The zero-order valence-electron chi connectivity index (χ0n) is 13.2. The van der Waals surface area contributed by atoms with E-state index in [2.05, 4.69) is 41.0 Å². The highest BCUT2D eigenvalue weighted by molar-refractivity contribution is 14.0. The van der Waals surface area contributed by atoms with Crippen LogP contribution < -0.4 is 10.6 Å². The van der Waals surface area contributed by atoms with Crippen LogP contribution in [0.2, 0.25) is 0 Å². The number of hydrogen-bond acceptors (Lipinski definition) is 2. The fourth-order valence-electron chi connectivity index (χ4n) is 2.56. The summed E-state index contributed by atoms with van der Waals surface area (Å²) < 4.78 is 5.09. The third kappa shape index (κ3) is 4.84. The van der Waals surface area contributed by atoms with Gasteiger partial charge in [-0.15, -0.1) is 24.0 Å². The molecular weight excluding hydrogens is 389 g/mol. The SMILES string of the molecule is COCCNC(=NCC1(c2ccccc2)CC1)NC1CC1.I. The molecule has 22 heavy (non-hydrogen) atoms. The van der Waals surface area contributed by atoms with Gasteiger partial charge in [-0.1, -0.05) is 30.3 Å². The number of ether oxygens (including phenoxy) is 1. The Morgan fingerprint density at radius 3 is 2.59 bits per heavy atom. The van der Waals surface area contributed by atoms with Gasteiger partial charge in [0.25, 0.3) is 0 Å². The molecule has 2 aliphatic carbocycles. The van der Waals surface area contributed by atoms with Gasteiger partial charge >= 0.3 is 0 Å². The van der Waals surface area contributed by atoms with Crippen LogP contribution in [0.4, 0.5) is 0 Å². The summed E-state index contributed by atoms with van der Waals surface area (Å²) in [5, 5.41) is 6.84. The summed E-state index contributed by atoms with van der Waals surface area (Å²) in [5.74, 6) is 0.941. The largest absolute Gasteiger partial charge is 0.383 e. The van der Waals surface area contributed by atoms with Gasteiger partial charge in [-0.25, -0.2) is 0 Å². The van der Waals surface area contributed by atoms with E-state index in [1.54, 1.807) is 7.11 Å². The Labute approximate surface area is 150 Å². The van der Waals surface area contributed by atoms with Crippen LogP contribution in [0.5, 0.6) is 0 Å². The first kappa shape index (κ1) is 17.5. The zero-order valence-corrected chi connectivity index (χ0v) is 15.5. The molecule has 0 saturated heterocycles. The van der Waals surface area contributed by atoms with Crippen molar-refractivity contribution in [3.63, 3.8) is 0 Å². The second-order valence-electron chi connectivity index (χ2n) is 6.15. The van der Waals surface area contributed by atoms with Crippen LogP contribution in [-0.2, 0) is 10.2 Å². The molecule has 5 heteroatoms. The van der Waals surface area contributed by atoms with Gasteiger partial charge in [-0.2, -0.15) is 0 Å². The van der Waals surface area contributed by atoms with Crippen LogP contribution in [0.1, 0.15) is 31.2 Å². The van der Waals surface area contributed by atoms with Gasteiger partial charge in [-0.05, 0) is 31.2 Å². The first-order valence-electron chi connectivity index (χ1n) is 7.92. The van der Waals surface area contributed by atoms with E-state index < -0.39 is 0 Å². The maximum atomic E-state index is 5.09. The van der Waals surface area contributed by atoms with Crippen LogP contribution in [0.25, 0.3) is 0 Å². The van der Waals surface area contributed by atoms with Gasteiger partial charge in [0, 0.05) is 25.1 Å². The fourth-order valence-corrected chi connectivity index (χ4v) is 2.56. The number of rotatable bonds is 7. The van der Waals surface area contributed by atoms with Crippen molar-refractivity contribution >= 4 is 29.9 Å². The van der Waals surface area contributed by atoms with E-state index in [-0.39, 0.29) is 29.4 Å². The Morgan fingerprint density at radius 1 is 1.27 bits per heavy atom. The Kier molecular flexibility index (Phi) is 6.50. The number of benzene rings is 1. The second-order valence-corrected chi connectivity index (χ2v) is 6.15. The molecule has 0 spiro atoms. The number of guanidine groups is 1. The van der Waals surface area contributed by atoms with Crippen molar-refractivity contribution in [1.29, 1.82) is 0 Å². The molecule has 0 radical (unpaired) electrons. The standard InChI is InChI=1S/C17H25N3O.HI/c1-21-12-11-18-16(20-15-7-8-15)19-13-17(9-10-17)14-5-3-2-4-6-14;/h2-6,15H,7-13H2,1H3,(H2,18,19,20);1H. The number of nitrogens with zero attached hydrogens (tertiary/aromatic N) is 1. The molecule has 0 aromatic heterocycles. The Bertz CT molecular complexity index is 484. The van der Waals surface area contributed by atoms with Gasteiger partial charge in [-0.3, -0.25) is 4.99 Å². The highest BCUT2D eigenvalue weighted by atomic mass is 127. The molecule has 1 aromatic rings. The van der Waals surface area contributed by atoms with Crippen molar-refractivity contribution in [2.45, 2.75) is 37.1 Å². The lowest BCUT2D eigenvalue weighted by molar-refractivity contribution is 0.203. The molecule has 122 valence electrons. The Hall–Kier alpha value is -0.820. The predicted molar refractivity (Wildman–Crippen MR) is 101 cm³/mol. The van der Waals surface area contributed by atoms with Crippen molar-refractivity contribution in [2.75, 3.05) is 26.8 Å². The third-order valence-corrected chi connectivity index (χ3v) is 4.30. The van der Waals surface area contributed by atoms with Crippen molar-refractivity contribution in [3.05, 3.63) is 35.9 Å². The summed E-state index contributed by atoms with van der Waals surface area (Å²) in [6.45, 7) is 2.37. The Morgan fingerprint density at radius 2 is 2.00 bits per heavy atom. The highest BCUT2D eigenvalue weighted by Gasteiger charge is 2.44. The van der Waals surface area contributed by atoms with Crippen LogP contribution in [0.15, 0.2) is 35.3 Å². The maximum absolute atomic E-state index is 5.09. The summed E-state index contributed by atoms with van der Waals surface area (Å²) >= 11 is 0. The molecule has 3 rings (SSSR count). The molecule has 0 atom stereocenters. The summed E-state index contributed by atoms with van der Waals surface area (Å²) in [5.41, 5.74) is 1.71. The molecule has 0 unspecified atom stereocenters. The summed E-state index contributed by atoms with van der Waals surface area (Å²) in [6, 6.07) is 11.4. The lowest BCUT2D eigenvalue weighted by atomic mass is 9.96. The van der Waals surface area contributed by atoms with E-state index in [0.29, 0.717) is 12.6 Å². The van der Waals surface area contributed by atoms with E-state index in [9.17, 15) is 0 Å². The topological polar surface area (TPSA) is 45.6 Å². The minimum atomic E-state index is 0. The number of aliphatic imine (C=N–C) groups is 1. The molecule has 0 bridgehead atoms. The number of methoxy groups -OCH3 is 1. The average Bonchev–Trinajstić information content (AvgIpc) is 3.42. The lowest BCUT2D eigenvalue weighted by Gasteiger charge is -2.16. The molecule has 0 amide bonds. The van der Waals surface area contributed by atoms with Gasteiger partial charge in [0.05, 0.1) is 13.2 Å². The molecule has 1 aromatic carbocycles. The van der Waals surface area contributed by atoms with Gasteiger partial charge < -0.3 is 15.4 Å². The van der Waals surface area contributed by atoms with Gasteiger partial charge in [0.1, 0.15) is 0 Å². The molecule has 2 aliphatic rings. The van der Waals surface area contributed by atoms with Crippen molar-refractivity contribution in [1.82, 2.24) is 10.6 Å². The highest BCUT2D eigenvalue weighted by Crippen LogP contribution is 2.48. The molecule has 0 aliphatic heterocycles. The zero-order chi connectivity index (χ0) is 14.5. The molecular formula is C17H26IN3O. The number of halogens is 1. The monoisotopic (exact) mass is 415 g/mol. The van der Waals surface area contributed by atoms with E-state index in [1.165, 1.54) is 31.2 Å². The van der Waals surface area contributed by atoms with E-state index in [0.717, 1.165) is 19.0 Å². The van der Waals surface area contributed by atoms with Crippen LogP contribution in [-0.4, -0.2) is 38.8 Å². The first-order valence-corrected chi connectivity index (χ1v) is 7.92. The molecule has 2 saturated carbocycles. The van der Waals surface area contributed by atoms with Crippen molar-refractivity contribution in [3.8, 4) is 0 Å². The average molecular weight is 415 g/mol. The lowest BCUT2D eigenvalue weighted by Crippen LogP contribution is -2.40. The third-order valence-electron chi connectivity index (χ3n) is 4.30. The first-order chi connectivity index (χ1) is 10.3. The van der Waals surface area contributed by atoms with Gasteiger partial charge in [0.2, 0.25) is 0 Å². The van der Waals surface area contributed by atoms with Gasteiger partial charge in [0.15, 0.2) is 5.96 Å². The van der Waals surface area contributed by atoms with Crippen LogP contribution in [0, 0.1) is 0 Å². The summed E-state index contributed by atoms with van der Waals surface area (Å²) in [4.78, 5) is 4.83. The van der Waals surface area contributed by atoms with Crippen LogP contribution >= 0.6 is 24.0 Å². The second kappa shape index (κ2) is 8.15. The maximum Gasteiger partial charge on any atom is 0.191 e. The fraction of sp³-hybridized carbons (Fsp3) is 0.588. The number of nitrogens with one attached hydrogen (secondary N) is 2. The predicted octanol–water partition coefficient (Wildman–Crippen LogP) is 2.68.